The Labute approximate surface area is 167 Å². The molecule has 2 heterocycles. The predicted octanol–water partition coefficient (Wildman–Crippen LogP) is 2.40. The minimum absolute atomic E-state index is 0. The standard InChI is InChI=1S/C21H18N2OS.BrH/c1-16-8-5-6-12-19(16)22-21-23(14-18-11-7-13-24-18)20(15-25-21)17-9-3-2-4-10-17;/h2-13,15H,14H2,1H3;1H. The Morgan fingerprint density at radius 2 is 1.73 bits per heavy atom. The van der Waals surface area contributed by atoms with Crippen molar-refractivity contribution in [3.05, 3.63) is 89.7 Å². The summed E-state index contributed by atoms with van der Waals surface area (Å²) in [5.74, 6) is 0.938. The molecule has 0 saturated heterocycles. The van der Waals surface area contributed by atoms with Crippen LogP contribution in [0.3, 0.4) is 0 Å². The van der Waals surface area contributed by atoms with Crippen molar-refractivity contribution in [3.8, 4) is 11.3 Å². The maximum Gasteiger partial charge on any atom is 0.339 e. The maximum absolute atomic E-state index is 5.58. The summed E-state index contributed by atoms with van der Waals surface area (Å²) < 4.78 is 7.85. The van der Waals surface area contributed by atoms with Gasteiger partial charge in [-0.15, -0.1) is 0 Å². The molecule has 0 aliphatic carbocycles. The zero-order valence-corrected chi connectivity index (χ0v) is 16.8. The van der Waals surface area contributed by atoms with Gasteiger partial charge in [-0.2, -0.15) is 0 Å². The smallest absolute Gasteiger partial charge is 0.339 e. The second-order valence-electron chi connectivity index (χ2n) is 5.90. The highest BCUT2D eigenvalue weighted by atomic mass is 79.9. The largest absolute Gasteiger partial charge is 1.00 e. The lowest BCUT2D eigenvalue weighted by Crippen LogP contribution is -3.00. The molecule has 0 fully saturated rings. The van der Waals surface area contributed by atoms with Crippen molar-refractivity contribution in [2.75, 3.05) is 5.32 Å². The minimum atomic E-state index is 0. The Bertz CT molecular complexity index is 965. The number of aryl methyl sites for hydroxylation is 1. The van der Waals surface area contributed by atoms with E-state index in [9.17, 15) is 0 Å². The van der Waals surface area contributed by atoms with Gasteiger partial charge < -0.3 is 21.4 Å². The van der Waals surface area contributed by atoms with Crippen molar-refractivity contribution < 1.29 is 26.0 Å². The predicted molar refractivity (Wildman–Crippen MR) is 102 cm³/mol. The summed E-state index contributed by atoms with van der Waals surface area (Å²) in [4.78, 5) is 0. The number of aromatic nitrogens is 1. The second kappa shape index (κ2) is 8.34. The third-order valence-electron chi connectivity index (χ3n) is 4.17. The number of thiazole rings is 1. The SMILES string of the molecule is Cc1ccccc1Nc1scc(-c2ccccc2)[n+]1Cc1ccco1.[Br-]. The molecule has 0 saturated carbocycles. The highest BCUT2D eigenvalue weighted by molar-refractivity contribution is 7.13. The molecule has 0 spiro atoms. The van der Waals surface area contributed by atoms with Gasteiger partial charge in [0.15, 0.2) is 0 Å². The number of nitrogens with one attached hydrogen (secondary N) is 1. The summed E-state index contributed by atoms with van der Waals surface area (Å²) in [7, 11) is 0. The number of furan rings is 1. The van der Waals surface area contributed by atoms with E-state index in [2.05, 4.69) is 70.7 Å². The molecule has 132 valence electrons. The molecule has 2 aromatic carbocycles. The van der Waals surface area contributed by atoms with Crippen LogP contribution in [0.4, 0.5) is 10.8 Å². The van der Waals surface area contributed by atoms with Crippen molar-refractivity contribution in [1.82, 2.24) is 0 Å². The average molecular weight is 427 g/mol. The van der Waals surface area contributed by atoms with Crippen molar-refractivity contribution in [2.45, 2.75) is 13.5 Å². The summed E-state index contributed by atoms with van der Waals surface area (Å²) >= 11 is 1.71. The Morgan fingerprint density at radius 3 is 2.46 bits per heavy atom. The van der Waals surface area contributed by atoms with Crippen LogP contribution in [0.1, 0.15) is 11.3 Å². The molecule has 4 rings (SSSR count). The maximum atomic E-state index is 5.58. The minimum Gasteiger partial charge on any atom is -1.00 e. The van der Waals surface area contributed by atoms with Gasteiger partial charge in [0.1, 0.15) is 23.7 Å². The molecule has 3 nitrogen and oxygen atoms in total. The third-order valence-corrected chi connectivity index (χ3v) is 5.06. The van der Waals surface area contributed by atoms with Gasteiger partial charge in [0.25, 0.3) is 0 Å². The van der Waals surface area contributed by atoms with E-state index >= 15 is 0 Å². The van der Waals surface area contributed by atoms with Crippen LogP contribution in [0.5, 0.6) is 0 Å². The number of nitrogens with zero attached hydrogens (tertiary/aromatic N) is 1. The molecular formula is C21H19BrN2OS. The molecule has 0 atom stereocenters. The lowest BCUT2D eigenvalue weighted by molar-refractivity contribution is -0.660. The molecule has 1 N–H and O–H groups in total. The number of anilines is 2. The van der Waals surface area contributed by atoms with E-state index in [0.717, 1.165) is 16.6 Å². The first-order chi connectivity index (χ1) is 12.3. The van der Waals surface area contributed by atoms with Gasteiger partial charge in [-0.05, 0) is 30.7 Å². The fraction of sp³-hybridized carbons (Fsp3) is 0.0952. The van der Waals surface area contributed by atoms with Crippen molar-refractivity contribution in [2.24, 2.45) is 0 Å². The number of hydrogen-bond donors (Lipinski definition) is 1. The molecule has 26 heavy (non-hydrogen) atoms. The molecule has 0 unspecified atom stereocenters. The van der Waals surface area contributed by atoms with E-state index in [1.54, 1.807) is 17.6 Å². The highest BCUT2D eigenvalue weighted by Crippen LogP contribution is 2.27. The molecule has 4 aromatic rings. The van der Waals surface area contributed by atoms with Crippen LogP contribution in [0.2, 0.25) is 0 Å². The Kier molecular flexibility index (Phi) is 5.91. The van der Waals surface area contributed by atoms with Crippen LogP contribution in [0.25, 0.3) is 11.3 Å². The van der Waals surface area contributed by atoms with E-state index in [1.165, 1.54) is 16.8 Å². The van der Waals surface area contributed by atoms with Gasteiger partial charge in [0.2, 0.25) is 0 Å². The van der Waals surface area contributed by atoms with Crippen LogP contribution in [-0.4, -0.2) is 0 Å². The van der Waals surface area contributed by atoms with Crippen LogP contribution >= 0.6 is 11.3 Å². The van der Waals surface area contributed by atoms with E-state index in [0.29, 0.717) is 6.54 Å². The third kappa shape index (κ3) is 3.89. The zero-order valence-electron chi connectivity index (χ0n) is 14.4. The lowest BCUT2D eigenvalue weighted by Gasteiger charge is -2.06. The van der Waals surface area contributed by atoms with E-state index in [-0.39, 0.29) is 17.0 Å². The fourth-order valence-electron chi connectivity index (χ4n) is 2.82. The number of benzene rings is 2. The monoisotopic (exact) mass is 426 g/mol. The number of halogens is 1. The lowest BCUT2D eigenvalue weighted by atomic mass is 10.2. The van der Waals surface area contributed by atoms with E-state index in [4.69, 9.17) is 4.42 Å². The molecule has 5 heteroatoms. The van der Waals surface area contributed by atoms with Crippen molar-refractivity contribution in [1.29, 1.82) is 0 Å². The number of para-hydroxylation sites is 1. The summed E-state index contributed by atoms with van der Waals surface area (Å²) in [5, 5.41) is 6.86. The molecule has 2 aromatic heterocycles. The average Bonchev–Trinajstić information content (AvgIpc) is 3.29. The fourth-order valence-corrected chi connectivity index (χ4v) is 3.77. The van der Waals surface area contributed by atoms with Gasteiger partial charge in [-0.3, -0.25) is 0 Å². The summed E-state index contributed by atoms with van der Waals surface area (Å²) in [6.07, 6.45) is 1.72. The number of hydrogen-bond acceptors (Lipinski definition) is 3. The first-order valence-corrected chi connectivity index (χ1v) is 9.11. The quantitative estimate of drug-likeness (QED) is 0.496. The molecule has 0 amide bonds. The van der Waals surface area contributed by atoms with Gasteiger partial charge in [-0.1, -0.05) is 59.9 Å². The van der Waals surface area contributed by atoms with Crippen LogP contribution in [-0.2, 0) is 6.54 Å². The van der Waals surface area contributed by atoms with Crippen molar-refractivity contribution in [3.63, 3.8) is 0 Å². The second-order valence-corrected chi connectivity index (χ2v) is 6.76. The van der Waals surface area contributed by atoms with E-state index < -0.39 is 0 Å². The Morgan fingerprint density at radius 1 is 0.962 bits per heavy atom. The molecule has 0 bridgehead atoms. The van der Waals surface area contributed by atoms with Gasteiger partial charge in [0, 0.05) is 10.9 Å². The summed E-state index contributed by atoms with van der Waals surface area (Å²) in [6, 6.07) is 22.7. The normalized spacial score (nSPS) is 10.3. The molecule has 0 aliphatic heterocycles. The number of rotatable bonds is 5. The molecule has 0 radical (unpaired) electrons. The Balaban J connectivity index is 0.00000196. The topological polar surface area (TPSA) is 29.1 Å². The van der Waals surface area contributed by atoms with Crippen LogP contribution < -0.4 is 26.9 Å². The van der Waals surface area contributed by atoms with Gasteiger partial charge in [0.05, 0.1) is 6.26 Å². The van der Waals surface area contributed by atoms with Gasteiger partial charge in [-0.25, -0.2) is 9.88 Å². The van der Waals surface area contributed by atoms with Gasteiger partial charge >= 0.3 is 5.13 Å². The van der Waals surface area contributed by atoms with Crippen LogP contribution in [0, 0.1) is 6.92 Å². The molecular weight excluding hydrogens is 408 g/mol. The van der Waals surface area contributed by atoms with E-state index in [1.807, 2.05) is 18.2 Å². The highest BCUT2D eigenvalue weighted by Gasteiger charge is 2.21. The summed E-state index contributed by atoms with van der Waals surface area (Å²) in [5.41, 5.74) is 4.72. The van der Waals surface area contributed by atoms with Crippen LogP contribution in [0.15, 0.2) is 82.8 Å². The van der Waals surface area contributed by atoms with Crippen molar-refractivity contribution >= 4 is 22.2 Å². The zero-order chi connectivity index (χ0) is 17.1. The first-order valence-electron chi connectivity index (χ1n) is 8.23. The first kappa shape index (κ1) is 18.4. The summed E-state index contributed by atoms with van der Waals surface area (Å²) in [6.45, 7) is 2.81. The molecule has 0 aliphatic rings. The Hall–Kier alpha value is -2.37.